The summed E-state index contributed by atoms with van der Waals surface area (Å²) < 4.78 is 5.19. The van der Waals surface area contributed by atoms with E-state index in [1.165, 1.54) is 22.3 Å². The van der Waals surface area contributed by atoms with Crippen molar-refractivity contribution >= 4 is 19.5 Å². The molecule has 1 aliphatic rings. The van der Waals surface area contributed by atoms with Crippen molar-refractivity contribution in [2.75, 3.05) is 26.2 Å². The van der Waals surface area contributed by atoms with Crippen LogP contribution in [0.25, 0.3) is 11.1 Å². The molecule has 142 valence electrons. The average molecular weight is 388 g/mol. The molecule has 3 rings (SSSR count). The minimum atomic E-state index is -2.29. The van der Waals surface area contributed by atoms with Crippen LogP contribution >= 0.6 is 0 Å². The van der Waals surface area contributed by atoms with Crippen LogP contribution in [0.4, 0.5) is 0 Å². The number of hydrogen-bond acceptors (Lipinski definition) is 2. The van der Waals surface area contributed by atoms with Gasteiger partial charge in [0.2, 0.25) is 0 Å². The van der Waals surface area contributed by atoms with Gasteiger partial charge in [-0.15, -0.1) is 24.3 Å². The molecule has 0 fully saturated rings. The van der Waals surface area contributed by atoms with Crippen LogP contribution in [0.1, 0.15) is 38.8 Å². The largest absolute Gasteiger partial charge is 1.00 e. The Morgan fingerprint density at radius 2 is 0.897 bits per heavy atom. The Morgan fingerprint density at radius 3 is 1.17 bits per heavy atom. The molecule has 0 N–H and O–H groups in total. The topological polar surface area (TPSA) is 6.48 Å². The third kappa shape index (κ3) is 5.30. The molecule has 29 heavy (non-hydrogen) atoms. The molecule has 1 aliphatic heterocycles. The first-order valence-corrected chi connectivity index (χ1v) is 12.0. The number of allylic oxidation sites excluding steroid dienone is 2. The van der Waals surface area contributed by atoms with E-state index in [1.54, 1.807) is 0 Å². The Kier molecular flexibility index (Phi) is 11.0. The molecule has 1 heterocycles. The minimum absolute atomic E-state index is 0. The second-order valence-corrected chi connectivity index (χ2v) is 9.86. The Hall–Kier alpha value is -0.748. The molecule has 0 bridgehead atoms. The number of benzene rings is 2. The van der Waals surface area contributed by atoms with E-state index in [4.69, 9.17) is 0 Å². The van der Waals surface area contributed by atoms with Crippen LogP contribution in [0.2, 0.25) is 0 Å². The summed E-state index contributed by atoms with van der Waals surface area (Å²) in [5.41, 5.74) is 13.0. The van der Waals surface area contributed by atoms with Gasteiger partial charge in [0.25, 0.3) is 0 Å². The number of nitrogens with zero attached hydrogens (tertiary/aromatic N) is 2. The van der Waals surface area contributed by atoms with Crippen LogP contribution in [-0.2, 0) is 0 Å². The molecule has 5 heteroatoms. The zero-order chi connectivity index (χ0) is 19.3. The van der Waals surface area contributed by atoms with E-state index in [0.29, 0.717) is 0 Å². The Morgan fingerprint density at radius 1 is 0.586 bits per heavy atom. The van der Waals surface area contributed by atoms with E-state index in [0.717, 1.165) is 26.2 Å². The molecular formula is C24H30Li2N2Si. The summed E-state index contributed by atoms with van der Waals surface area (Å²) in [5.74, 6) is 0. The van der Waals surface area contributed by atoms with Crippen molar-refractivity contribution in [1.82, 2.24) is 9.13 Å². The fourth-order valence-corrected chi connectivity index (χ4v) is 8.19. The van der Waals surface area contributed by atoms with Crippen LogP contribution in [-0.4, -0.2) is 43.7 Å². The molecule has 2 aromatic rings. The number of hydrogen-bond donors (Lipinski definition) is 0. The van der Waals surface area contributed by atoms with Crippen molar-refractivity contribution in [2.45, 2.75) is 27.7 Å². The summed E-state index contributed by atoms with van der Waals surface area (Å²) >= 11 is 0. The molecular weight excluding hydrogens is 358 g/mol. The van der Waals surface area contributed by atoms with Crippen molar-refractivity contribution in [2.24, 2.45) is 0 Å². The van der Waals surface area contributed by atoms with E-state index in [2.05, 4.69) is 109 Å². The van der Waals surface area contributed by atoms with Crippen LogP contribution in [0.3, 0.4) is 0 Å². The maximum atomic E-state index is 4.03. The van der Waals surface area contributed by atoms with Crippen LogP contribution in [0.5, 0.6) is 0 Å². The van der Waals surface area contributed by atoms with Gasteiger partial charge in [-0.25, -0.2) is 0 Å². The zero-order valence-corrected chi connectivity index (χ0v) is 20.0. The first kappa shape index (κ1) is 26.3. The first-order valence-electron chi connectivity index (χ1n) is 10.1. The predicted octanol–water partition coefficient (Wildman–Crippen LogP) is -1.01. The van der Waals surface area contributed by atoms with E-state index < -0.39 is 8.40 Å². The van der Waals surface area contributed by atoms with Crippen molar-refractivity contribution < 1.29 is 37.7 Å². The molecule has 0 saturated heterocycles. The van der Waals surface area contributed by atoms with Gasteiger partial charge in [-0.1, -0.05) is 64.1 Å². The summed E-state index contributed by atoms with van der Waals surface area (Å²) in [6.07, 6.45) is 0. The smallest absolute Gasteiger partial charge is 0.326 e. The third-order valence-electron chi connectivity index (χ3n) is 5.42. The molecule has 0 atom stereocenters. The molecule has 2 aromatic carbocycles. The SMILES string of the molecule is CCN(CC)[Si]1(N(CC)CC)[C-]=C(c2ccccc2)C(c2ccccc2)=[C-]1.[Li+].[Li+]. The van der Waals surface area contributed by atoms with Gasteiger partial charge in [-0.2, -0.15) is 11.1 Å². The maximum absolute atomic E-state index is 4.03. The summed E-state index contributed by atoms with van der Waals surface area (Å²) in [5, 5.41) is 0. The van der Waals surface area contributed by atoms with E-state index >= 15 is 0 Å². The minimum Gasteiger partial charge on any atom is -0.326 e. The van der Waals surface area contributed by atoms with Gasteiger partial charge in [0, 0.05) is 0 Å². The number of rotatable bonds is 8. The Bertz CT molecular complexity index is 729. The fourth-order valence-electron chi connectivity index (χ4n) is 4.03. The normalized spacial score (nSPS) is 14.8. The van der Waals surface area contributed by atoms with Crippen molar-refractivity contribution in [3.05, 3.63) is 83.2 Å². The van der Waals surface area contributed by atoms with Crippen LogP contribution in [0.15, 0.2) is 60.7 Å². The average Bonchev–Trinajstić information content (AvgIpc) is 3.13. The van der Waals surface area contributed by atoms with Gasteiger partial charge in [0.15, 0.2) is 0 Å². The Labute approximate surface area is 202 Å². The second-order valence-electron chi connectivity index (χ2n) is 6.75. The molecule has 0 radical (unpaired) electrons. The molecule has 2 nitrogen and oxygen atoms in total. The first-order chi connectivity index (χ1) is 13.2. The standard InChI is InChI=1S/C24H30N2Si.2Li/c1-5-25(6-2)27(26(7-3)8-4)19-23(21-15-11-9-12-16-21)24(20-27)22-17-13-10-14-18-22;;/h9-18H,5-8H2,1-4H3;;/q-2;2*+1. The maximum Gasteiger partial charge on any atom is 1.00 e. The molecule has 0 spiro atoms. The van der Waals surface area contributed by atoms with E-state index in [-0.39, 0.29) is 37.7 Å². The second kappa shape index (κ2) is 12.2. The summed E-state index contributed by atoms with van der Waals surface area (Å²) in [7, 11) is -2.29. The van der Waals surface area contributed by atoms with Crippen molar-refractivity contribution in [3.63, 3.8) is 0 Å². The van der Waals surface area contributed by atoms with Crippen LogP contribution < -0.4 is 37.7 Å². The third-order valence-corrected chi connectivity index (χ3v) is 9.71. The molecule has 0 unspecified atom stereocenters. The summed E-state index contributed by atoms with van der Waals surface area (Å²) in [6.45, 7) is 13.1. The quantitative estimate of drug-likeness (QED) is 0.422. The van der Waals surface area contributed by atoms with Crippen molar-refractivity contribution in [3.8, 4) is 0 Å². The molecule has 0 aromatic heterocycles. The van der Waals surface area contributed by atoms with Gasteiger partial charge in [-0.05, 0) is 26.2 Å². The van der Waals surface area contributed by atoms with E-state index in [9.17, 15) is 0 Å². The monoisotopic (exact) mass is 388 g/mol. The summed E-state index contributed by atoms with van der Waals surface area (Å²) in [6, 6.07) is 21.4. The van der Waals surface area contributed by atoms with Crippen molar-refractivity contribution in [1.29, 1.82) is 0 Å². The predicted molar refractivity (Wildman–Crippen MR) is 118 cm³/mol. The van der Waals surface area contributed by atoms with Gasteiger partial charge >= 0.3 is 37.7 Å². The van der Waals surface area contributed by atoms with Gasteiger partial charge < -0.3 is 9.13 Å². The molecule has 0 amide bonds. The fraction of sp³-hybridized carbons (Fsp3) is 0.333. The zero-order valence-electron chi connectivity index (χ0n) is 19.0. The van der Waals surface area contributed by atoms with Gasteiger partial charge in [0.1, 0.15) is 0 Å². The summed E-state index contributed by atoms with van der Waals surface area (Å²) in [4.78, 5) is 0. The van der Waals surface area contributed by atoms with Gasteiger partial charge in [-0.3, -0.25) is 22.5 Å². The van der Waals surface area contributed by atoms with E-state index in [1.807, 2.05) is 0 Å². The van der Waals surface area contributed by atoms with Crippen LogP contribution in [0, 0.1) is 11.4 Å². The molecule has 0 aliphatic carbocycles. The Balaban J connectivity index is 0.00000210. The molecule has 0 saturated carbocycles. The van der Waals surface area contributed by atoms with Gasteiger partial charge in [0.05, 0.1) is 8.40 Å².